The fourth-order valence-electron chi connectivity index (χ4n) is 1.76. The van der Waals surface area contributed by atoms with Crippen LogP contribution in [0.5, 0.6) is 0 Å². The molecule has 2 aromatic rings. The van der Waals surface area contributed by atoms with Crippen LogP contribution in [0, 0.1) is 0 Å². The van der Waals surface area contributed by atoms with Gasteiger partial charge >= 0.3 is 5.97 Å². The first-order valence-electron chi connectivity index (χ1n) is 6.52. The third-order valence-electron chi connectivity index (χ3n) is 2.86. The molecule has 1 atom stereocenters. The van der Waals surface area contributed by atoms with Gasteiger partial charge in [0.25, 0.3) is 5.91 Å². The molecule has 0 aliphatic rings. The fourth-order valence-corrected chi connectivity index (χ4v) is 2.73. The van der Waals surface area contributed by atoms with Crippen molar-refractivity contribution in [3.8, 4) is 10.6 Å². The SMILES string of the molecule is C[C@H](OC(=O)c1csc(-c2cccc(Cl)c2)n1)C(=O)N(C)C. The molecule has 0 unspecified atom stereocenters. The molecule has 22 heavy (non-hydrogen) atoms. The van der Waals surface area contributed by atoms with Crippen LogP contribution in [0.25, 0.3) is 10.6 Å². The lowest BCUT2D eigenvalue weighted by atomic mass is 10.2. The minimum Gasteiger partial charge on any atom is -0.448 e. The van der Waals surface area contributed by atoms with Gasteiger partial charge in [0.15, 0.2) is 11.8 Å². The third-order valence-corrected chi connectivity index (χ3v) is 3.98. The average Bonchev–Trinajstić information content (AvgIpc) is 2.96. The van der Waals surface area contributed by atoms with Gasteiger partial charge in [-0.1, -0.05) is 23.7 Å². The van der Waals surface area contributed by atoms with Crippen molar-refractivity contribution in [3.05, 3.63) is 40.4 Å². The van der Waals surface area contributed by atoms with E-state index in [-0.39, 0.29) is 11.6 Å². The maximum atomic E-state index is 12.0. The number of hydrogen-bond donors (Lipinski definition) is 0. The van der Waals surface area contributed by atoms with E-state index in [1.807, 2.05) is 12.1 Å². The lowest BCUT2D eigenvalue weighted by molar-refractivity contribution is -0.137. The minimum atomic E-state index is -0.848. The van der Waals surface area contributed by atoms with Gasteiger partial charge in [0.05, 0.1) is 0 Å². The summed E-state index contributed by atoms with van der Waals surface area (Å²) in [6.07, 6.45) is -0.848. The number of nitrogens with zero attached hydrogens (tertiary/aromatic N) is 2. The van der Waals surface area contributed by atoms with Crippen LogP contribution >= 0.6 is 22.9 Å². The Morgan fingerprint density at radius 2 is 2.09 bits per heavy atom. The summed E-state index contributed by atoms with van der Waals surface area (Å²) in [5.41, 5.74) is 1.01. The van der Waals surface area contributed by atoms with Gasteiger partial charge < -0.3 is 9.64 Å². The number of thiazole rings is 1. The highest BCUT2D eigenvalue weighted by atomic mass is 35.5. The number of rotatable bonds is 4. The van der Waals surface area contributed by atoms with Crippen LogP contribution in [0.15, 0.2) is 29.6 Å². The van der Waals surface area contributed by atoms with Gasteiger partial charge in [0, 0.05) is 30.1 Å². The van der Waals surface area contributed by atoms with Crippen LogP contribution in [0.3, 0.4) is 0 Å². The van der Waals surface area contributed by atoms with Crippen LogP contribution in [0.1, 0.15) is 17.4 Å². The maximum Gasteiger partial charge on any atom is 0.358 e. The van der Waals surface area contributed by atoms with Gasteiger partial charge in [-0.3, -0.25) is 4.79 Å². The molecule has 0 saturated carbocycles. The summed E-state index contributed by atoms with van der Waals surface area (Å²) in [6.45, 7) is 1.53. The molecule has 5 nitrogen and oxygen atoms in total. The van der Waals surface area contributed by atoms with Gasteiger partial charge in [0.1, 0.15) is 5.01 Å². The Morgan fingerprint density at radius 1 is 1.36 bits per heavy atom. The van der Waals surface area contributed by atoms with Gasteiger partial charge in [-0.05, 0) is 19.1 Å². The van der Waals surface area contributed by atoms with E-state index in [9.17, 15) is 9.59 Å². The van der Waals surface area contributed by atoms with E-state index in [0.29, 0.717) is 10.0 Å². The molecule has 1 heterocycles. The number of benzene rings is 1. The molecule has 2 rings (SSSR count). The Labute approximate surface area is 137 Å². The Morgan fingerprint density at radius 3 is 2.73 bits per heavy atom. The Balaban J connectivity index is 2.11. The number of halogens is 1. The van der Waals surface area contributed by atoms with E-state index < -0.39 is 12.1 Å². The lowest BCUT2D eigenvalue weighted by Crippen LogP contribution is -2.34. The second-order valence-corrected chi connectivity index (χ2v) is 6.12. The Kier molecular flexibility index (Phi) is 5.15. The first-order valence-corrected chi connectivity index (χ1v) is 7.78. The van der Waals surface area contributed by atoms with Crippen molar-refractivity contribution < 1.29 is 14.3 Å². The number of carbonyl (C=O) groups excluding carboxylic acids is 2. The molecule has 0 radical (unpaired) electrons. The second-order valence-electron chi connectivity index (χ2n) is 4.83. The highest BCUT2D eigenvalue weighted by molar-refractivity contribution is 7.13. The standard InChI is InChI=1S/C15H15ClN2O3S/c1-9(14(19)18(2)3)21-15(20)12-8-22-13(17-12)10-5-4-6-11(16)7-10/h4-9H,1-3H3/t9-/m0/s1. The van der Waals surface area contributed by atoms with E-state index in [2.05, 4.69) is 4.98 Å². The molecular formula is C15H15ClN2O3S. The quantitative estimate of drug-likeness (QED) is 0.804. The zero-order chi connectivity index (χ0) is 16.3. The smallest absolute Gasteiger partial charge is 0.358 e. The lowest BCUT2D eigenvalue weighted by Gasteiger charge is -2.16. The number of esters is 1. The zero-order valence-electron chi connectivity index (χ0n) is 12.4. The summed E-state index contributed by atoms with van der Waals surface area (Å²) in [5.74, 6) is -0.897. The van der Waals surface area contributed by atoms with Crippen molar-refractivity contribution in [1.82, 2.24) is 9.88 Å². The van der Waals surface area contributed by atoms with Crippen molar-refractivity contribution in [2.24, 2.45) is 0 Å². The Bertz CT molecular complexity index is 700. The normalized spacial score (nSPS) is 11.8. The molecule has 7 heteroatoms. The minimum absolute atomic E-state index is 0.179. The van der Waals surface area contributed by atoms with E-state index >= 15 is 0 Å². The van der Waals surface area contributed by atoms with E-state index in [1.54, 1.807) is 31.6 Å². The van der Waals surface area contributed by atoms with Gasteiger partial charge in [-0.25, -0.2) is 9.78 Å². The number of carbonyl (C=O) groups is 2. The molecule has 0 fully saturated rings. The van der Waals surface area contributed by atoms with E-state index in [1.165, 1.54) is 23.2 Å². The third kappa shape index (κ3) is 3.84. The summed E-state index contributed by atoms with van der Waals surface area (Å²) >= 11 is 7.26. The number of amides is 1. The number of hydrogen-bond acceptors (Lipinski definition) is 5. The monoisotopic (exact) mass is 338 g/mol. The summed E-state index contributed by atoms with van der Waals surface area (Å²) < 4.78 is 5.12. The summed E-state index contributed by atoms with van der Waals surface area (Å²) in [6, 6.07) is 7.21. The summed E-state index contributed by atoms with van der Waals surface area (Å²) in [7, 11) is 3.21. The molecular weight excluding hydrogens is 324 g/mol. The molecule has 0 spiro atoms. The van der Waals surface area contributed by atoms with Crippen LogP contribution in [-0.2, 0) is 9.53 Å². The first-order chi connectivity index (χ1) is 10.4. The van der Waals surface area contributed by atoms with Crippen LogP contribution in [0.4, 0.5) is 0 Å². The van der Waals surface area contributed by atoms with Crippen LogP contribution in [-0.4, -0.2) is 42.0 Å². The second kappa shape index (κ2) is 6.89. The average molecular weight is 339 g/mol. The molecule has 0 aliphatic carbocycles. The Hall–Kier alpha value is -1.92. The predicted molar refractivity (Wildman–Crippen MR) is 86.1 cm³/mol. The molecule has 1 amide bonds. The summed E-state index contributed by atoms with van der Waals surface area (Å²) in [4.78, 5) is 29.3. The van der Waals surface area contributed by atoms with Crippen LogP contribution in [0.2, 0.25) is 5.02 Å². The van der Waals surface area contributed by atoms with Gasteiger partial charge in [-0.2, -0.15) is 0 Å². The molecule has 1 aromatic carbocycles. The maximum absolute atomic E-state index is 12.0. The molecule has 0 N–H and O–H groups in total. The fraction of sp³-hybridized carbons (Fsp3) is 0.267. The predicted octanol–water partition coefficient (Wildman–Crippen LogP) is 3.10. The van der Waals surface area contributed by atoms with Crippen molar-refractivity contribution in [3.63, 3.8) is 0 Å². The molecule has 0 saturated heterocycles. The van der Waals surface area contributed by atoms with E-state index in [0.717, 1.165) is 5.56 Å². The van der Waals surface area contributed by atoms with Crippen molar-refractivity contribution in [2.45, 2.75) is 13.0 Å². The molecule has 116 valence electrons. The highest BCUT2D eigenvalue weighted by Gasteiger charge is 2.22. The number of ether oxygens (including phenoxy) is 1. The van der Waals surface area contributed by atoms with Crippen molar-refractivity contribution >= 4 is 34.8 Å². The molecule has 0 bridgehead atoms. The molecule has 1 aromatic heterocycles. The van der Waals surface area contributed by atoms with Crippen molar-refractivity contribution in [1.29, 1.82) is 0 Å². The van der Waals surface area contributed by atoms with Crippen molar-refractivity contribution in [2.75, 3.05) is 14.1 Å². The molecule has 0 aliphatic heterocycles. The van der Waals surface area contributed by atoms with Gasteiger partial charge in [-0.15, -0.1) is 11.3 Å². The zero-order valence-corrected chi connectivity index (χ0v) is 13.9. The number of aromatic nitrogens is 1. The topological polar surface area (TPSA) is 59.5 Å². The first kappa shape index (κ1) is 16.5. The largest absolute Gasteiger partial charge is 0.448 e. The van der Waals surface area contributed by atoms with Gasteiger partial charge in [0.2, 0.25) is 0 Å². The van der Waals surface area contributed by atoms with Crippen LogP contribution < -0.4 is 0 Å². The highest BCUT2D eigenvalue weighted by Crippen LogP contribution is 2.26. The number of likely N-dealkylation sites (N-methyl/N-ethyl adjacent to an activating group) is 1. The summed E-state index contributed by atoms with van der Waals surface area (Å²) in [5, 5.41) is 2.87. The van der Waals surface area contributed by atoms with E-state index in [4.69, 9.17) is 16.3 Å².